The first-order valence-electron chi connectivity index (χ1n) is 20.4. The van der Waals surface area contributed by atoms with E-state index in [1.165, 1.54) is 101 Å². The first kappa shape index (κ1) is 42.9. The number of hydrogen-bond acceptors (Lipinski definition) is 2. The highest BCUT2D eigenvalue weighted by Gasteiger charge is 2.44. The molecular formula is C52H59BrNOP. The number of unbranched alkanes of at least 4 members (excludes halogenated alkanes) is 7. The summed E-state index contributed by atoms with van der Waals surface area (Å²) < 4.78 is 6.05. The number of likely N-dealkylation sites (N-methyl/N-ethyl adjacent to an activating group) is 1. The molecule has 6 rings (SSSR count). The van der Waals surface area contributed by atoms with Gasteiger partial charge in [0.1, 0.15) is 35.5 Å². The molecule has 4 heteroatoms. The van der Waals surface area contributed by atoms with Crippen LogP contribution in [0.2, 0.25) is 0 Å². The van der Waals surface area contributed by atoms with Crippen LogP contribution in [0.1, 0.15) is 74.5 Å². The van der Waals surface area contributed by atoms with Crippen LogP contribution < -0.4 is 37.6 Å². The first-order valence-corrected chi connectivity index (χ1v) is 22.4. The zero-order valence-electron chi connectivity index (χ0n) is 33.4. The minimum Gasteiger partial charge on any atom is -1.00 e. The second-order valence-corrected chi connectivity index (χ2v) is 18.5. The van der Waals surface area contributed by atoms with Crippen molar-refractivity contribution in [2.75, 3.05) is 33.4 Å². The number of nitrogens with zero attached hydrogens (tertiary/aromatic N) is 1. The van der Waals surface area contributed by atoms with Gasteiger partial charge in [-0.3, -0.25) is 0 Å². The van der Waals surface area contributed by atoms with Crippen LogP contribution in [0.5, 0.6) is 5.75 Å². The normalized spacial score (nSPS) is 11.8. The summed E-state index contributed by atoms with van der Waals surface area (Å²) in [4.78, 5) is 2.15. The Bertz CT molecular complexity index is 1890. The van der Waals surface area contributed by atoms with Crippen molar-refractivity contribution in [2.24, 2.45) is 0 Å². The summed E-state index contributed by atoms with van der Waals surface area (Å²) in [7, 11) is 2.42. The molecule has 0 radical (unpaired) electrons. The third kappa shape index (κ3) is 11.9. The molecule has 0 aliphatic rings. The maximum Gasteiger partial charge on any atom is 0.119 e. The van der Waals surface area contributed by atoms with E-state index < -0.39 is 7.26 Å². The molecule has 2 nitrogen and oxygen atoms in total. The fourth-order valence-electron chi connectivity index (χ4n) is 7.83. The predicted molar refractivity (Wildman–Crippen MR) is 241 cm³/mol. The second kappa shape index (κ2) is 23.1. The number of hydrogen-bond donors (Lipinski definition) is 0. The van der Waals surface area contributed by atoms with E-state index in [0.717, 1.165) is 18.7 Å². The summed E-state index contributed by atoms with van der Waals surface area (Å²) in [5.74, 6) is 0.920. The molecule has 0 atom stereocenters. The van der Waals surface area contributed by atoms with Gasteiger partial charge in [-0.1, -0.05) is 159 Å². The smallest absolute Gasteiger partial charge is 0.119 e. The molecule has 56 heavy (non-hydrogen) atoms. The summed E-state index contributed by atoms with van der Waals surface area (Å²) in [6.45, 7) is 1.58. The molecule has 0 N–H and O–H groups in total. The van der Waals surface area contributed by atoms with Gasteiger partial charge in [-0.2, -0.15) is 0 Å². The molecule has 0 heterocycles. The van der Waals surface area contributed by atoms with Gasteiger partial charge >= 0.3 is 0 Å². The van der Waals surface area contributed by atoms with Crippen LogP contribution in [0.3, 0.4) is 0 Å². The van der Waals surface area contributed by atoms with Crippen molar-refractivity contribution in [1.82, 2.24) is 4.90 Å². The van der Waals surface area contributed by atoms with Gasteiger partial charge in [0.25, 0.3) is 0 Å². The van der Waals surface area contributed by atoms with E-state index in [-0.39, 0.29) is 17.0 Å². The van der Waals surface area contributed by atoms with E-state index in [0.29, 0.717) is 6.61 Å². The molecular weight excluding hydrogens is 765 g/mol. The third-order valence-corrected chi connectivity index (χ3v) is 15.2. The summed E-state index contributed by atoms with van der Waals surface area (Å²) in [5.41, 5.74) is 6.57. The van der Waals surface area contributed by atoms with Crippen molar-refractivity contribution < 1.29 is 21.7 Å². The largest absolute Gasteiger partial charge is 1.00 e. The summed E-state index contributed by atoms with van der Waals surface area (Å²) >= 11 is 0. The van der Waals surface area contributed by atoms with E-state index in [1.807, 2.05) is 0 Å². The number of rotatable bonds is 21. The number of allylic oxidation sites excluding steroid dienone is 1. The van der Waals surface area contributed by atoms with Gasteiger partial charge in [-0.05, 0) is 116 Å². The van der Waals surface area contributed by atoms with Crippen LogP contribution in [-0.4, -0.2) is 38.3 Å². The Labute approximate surface area is 348 Å². The van der Waals surface area contributed by atoms with E-state index in [1.54, 1.807) is 0 Å². The Balaban J connectivity index is 0.00000600. The van der Waals surface area contributed by atoms with Gasteiger partial charge in [0, 0.05) is 6.54 Å². The molecule has 290 valence electrons. The Kier molecular flexibility index (Phi) is 17.7. The number of halogens is 1. The van der Waals surface area contributed by atoms with Crippen molar-refractivity contribution >= 4 is 34.3 Å². The summed E-state index contributed by atoms with van der Waals surface area (Å²) in [6, 6.07) is 64.7. The minimum absolute atomic E-state index is 0. The van der Waals surface area contributed by atoms with Crippen molar-refractivity contribution in [3.05, 3.63) is 193 Å². The molecule has 0 aromatic heterocycles. The Hall–Kier alpha value is -4.27. The van der Waals surface area contributed by atoms with Crippen LogP contribution in [0.15, 0.2) is 176 Å². The van der Waals surface area contributed by atoms with Gasteiger partial charge in [-0.25, -0.2) is 0 Å². The van der Waals surface area contributed by atoms with Crippen molar-refractivity contribution in [1.29, 1.82) is 0 Å². The average Bonchev–Trinajstić information content (AvgIpc) is 3.24. The maximum atomic E-state index is 6.05. The molecule has 0 saturated heterocycles. The lowest BCUT2D eigenvalue weighted by Gasteiger charge is -2.27. The van der Waals surface area contributed by atoms with Crippen molar-refractivity contribution in [3.8, 4) is 5.75 Å². The molecule has 6 aromatic carbocycles. The second-order valence-electron chi connectivity index (χ2n) is 14.9. The van der Waals surface area contributed by atoms with Crippen LogP contribution in [0.4, 0.5) is 0 Å². The Morgan fingerprint density at radius 3 is 1.30 bits per heavy atom. The molecule has 0 amide bonds. The zero-order valence-corrected chi connectivity index (χ0v) is 35.9. The molecule has 6 aromatic rings. The third-order valence-electron chi connectivity index (χ3n) is 10.7. The number of benzene rings is 6. The molecule has 0 spiro atoms. The molecule has 0 saturated carbocycles. The lowest BCUT2D eigenvalue weighted by molar-refractivity contribution is -0.0000115. The maximum absolute atomic E-state index is 6.05. The standard InChI is InChI=1S/C52H59NOP.BrH/c1-53(2)41-42-54-47-39-37-46(38-40-47)52(45-28-16-10-17-29-45)51(44-26-14-9-15-27-44)36-24-7-5-3-4-6-8-25-43-55(48-30-18-11-19-31-48,49-32-20-12-21-33-49)50-34-22-13-23-35-50;/h9-23,26-35,37-40H,3-8,24-25,36,41-43H2,1-2H3;1H/q+1;/p-1/b52-51-;. The van der Waals surface area contributed by atoms with Gasteiger partial charge in [-0.15, -0.1) is 0 Å². The Morgan fingerprint density at radius 2 is 0.839 bits per heavy atom. The molecule has 0 fully saturated rings. The van der Waals surface area contributed by atoms with Gasteiger partial charge < -0.3 is 26.6 Å². The monoisotopic (exact) mass is 823 g/mol. The predicted octanol–water partition coefficient (Wildman–Crippen LogP) is 9.10. The minimum atomic E-state index is -1.73. The molecule has 0 aliphatic carbocycles. The lowest BCUT2D eigenvalue weighted by atomic mass is 9.86. The molecule has 0 unspecified atom stereocenters. The SMILES string of the molecule is CN(C)CCOc1ccc(/C(=C(/CCCCCCCCCC[P+](c2ccccc2)(c2ccccc2)c2ccccc2)c2ccccc2)c2ccccc2)cc1.[Br-]. The van der Waals surface area contributed by atoms with Crippen LogP contribution in [-0.2, 0) is 0 Å². The highest BCUT2D eigenvalue weighted by molar-refractivity contribution is 7.95. The quantitative estimate of drug-likeness (QED) is 0.0408. The van der Waals surface area contributed by atoms with Crippen LogP contribution >= 0.6 is 7.26 Å². The van der Waals surface area contributed by atoms with Gasteiger partial charge in [0.15, 0.2) is 0 Å². The molecule has 0 aliphatic heterocycles. The zero-order chi connectivity index (χ0) is 38.0. The highest BCUT2D eigenvalue weighted by atomic mass is 79.9. The van der Waals surface area contributed by atoms with E-state index >= 15 is 0 Å². The summed E-state index contributed by atoms with van der Waals surface area (Å²) in [5, 5.41) is 4.48. The van der Waals surface area contributed by atoms with Crippen LogP contribution in [0, 0.1) is 0 Å². The molecule has 0 bridgehead atoms. The van der Waals surface area contributed by atoms with Gasteiger partial charge in [0.2, 0.25) is 0 Å². The van der Waals surface area contributed by atoms with Crippen molar-refractivity contribution in [2.45, 2.75) is 57.8 Å². The fourth-order valence-corrected chi connectivity index (χ4v) is 12.2. The topological polar surface area (TPSA) is 12.5 Å². The number of ether oxygens (including phenoxy) is 1. The lowest BCUT2D eigenvalue weighted by Crippen LogP contribution is -3.00. The van der Waals surface area contributed by atoms with Gasteiger partial charge in [0.05, 0.1) is 6.16 Å². The van der Waals surface area contributed by atoms with Crippen LogP contribution in [0.25, 0.3) is 11.1 Å². The summed E-state index contributed by atoms with van der Waals surface area (Å²) in [6.07, 6.45) is 12.5. The Morgan fingerprint density at radius 1 is 0.446 bits per heavy atom. The van der Waals surface area contributed by atoms with E-state index in [4.69, 9.17) is 4.74 Å². The van der Waals surface area contributed by atoms with Crippen molar-refractivity contribution in [3.63, 3.8) is 0 Å². The van der Waals surface area contributed by atoms with E-state index in [9.17, 15) is 0 Å². The average molecular weight is 825 g/mol. The van der Waals surface area contributed by atoms with E-state index in [2.05, 4.69) is 195 Å². The fraction of sp³-hybridized carbons (Fsp3) is 0.269. The first-order chi connectivity index (χ1) is 27.1. The highest BCUT2D eigenvalue weighted by Crippen LogP contribution is 2.56.